The van der Waals surface area contributed by atoms with Crippen molar-refractivity contribution in [1.82, 2.24) is 19.7 Å². The Morgan fingerprint density at radius 3 is 2.73 bits per heavy atom. The van der Waals surface area contributed by atoms with Crippen molar-refractivity contribution in [2.45, 2.75) is 5.16 Å². The lowest BCUT2D eigenvalue weighted by molar-refractivity contribution is -0.125. The molecule has 0 aliphatic carbocycles. The van der Waals surface area contributed by atoms with E-state index >= 15 is 0 Å². The molecule has 1 aromatic carbocycles. The van der Waals surface area contributed by atoms with E-state index < -0.39 is 6.09 Å². The van der Waals surface area contributed by atoms with Crippen LogP contribution in [0.2, 0.25) is 0 Å². The zero-order chi connectivity index (χ0) is 17.9. The van der Waals surface area contributed by atoms with Gasteiger partial charge in [0.2, 0.25) is 5.91 Å². The van der Waals surface area contributed by atoms with Crippen LogP contribution in [0.25, 0.3) is 16.4 Å². The number of carbonyl (C=O) groups is 2. The molecule has 0 atom stereocenters. The van der Waals surface area contributed by atoms with E-state index in [1.807, 2.05) is 52.4 Å². The largest absolute Gasteiger partial charge is 0.447 e. The van der Waals surface area contributed by atoms with E-state index in [1.54, 1.807) is 11.3 Å². The monoisotopic (exact) mass is 386 g/mol. The number of amides is 2. The van der Waals surface area contributed by atoms with Gasteiger partial charge >= 0.3 is 6.09 Å². The van der Waals surface area contributed by atoms with Crippen molar-refractivity contribution in [2.24, 2.45) is 0 Å². The summed E-state index contributed by atoms with van der Waals surface area (Å²) in [5, 5.41) is 11.2. The van der Waals surface area contributed by atoms with E-state index in [1.165, 1.54) is 11.8 Å². The molecule has 0 unspecified atom stereocenters. The molecule has 1 aliphatic heterocycles. The Hall–Kier alpha value is -2.65. The van der Waals surface area contributed by atoms with Crippen molar-refractivity contribution in [1.29, 1.82) is 0 Å². The number of hydrogen-bond donors (Lipinski definition) is 0. The Kier molecular flexibility index (Phi) is 4.72. The van der Waals surface area contributed by atoms with Crippen LogP contribution in [0, 0.1) is 0 Å². The molecule has 0 N–H and O–H groups in total. The van der Waals surface area contributed by atoms with Gasteiger partial charge in [-0.15, -0.1) is 21.5 Å². The third-order valence-corrected chi connectivity index (χ3v) is 5.56. The molecule has 0 saturated carbocycles. The summed E-state index contributed by atoms with van der Waals surface area (Å²) >= 11 is 2.83. The number of nitrogens with zero attached hydrogens (tertiary/aromatic N) is 4. The molecule has 3 heterocycles. The van der Waals surface area contributed by atoms with E-state index in [4.69, 9.17) is 4.74 Å². The van der Waals surface area contributed by atoms with Gasteiger partial charge in [0.25, 0.3) is 0 Å². The first kappa shape index (κ1) is 16.8. The molecule has 0 radical (unpaired) electrons. The lowest BCUT2D eigenvalue weighted by Gasteiger charge is -2.11. The molecule has 1 saturated heterocycles. The van der Waals surface area contributed by atoms with E-state index in [0.29, 0.717) is 11.7 Å². The molecule has 9 heteroatoms. The zero-order valence-corrected chi connectivity index (χ0v) is 15.2. The topological polar surface area (TPSA) is 77.3 Å². The van der Waals surface area contributed by atoms with Crippen LogP contribution in [0.1, 0.15) is 0 Å². The molecule has 1 fully saturated rings. The third kappa shape index (κ3) is 3.23. The fraction of sp³-hybridized carbons (Fsp3) is 0.176. The quantitative estimate of drug-likeness (QED) is 0.627. The third-order valence-electron chi connectivity index (χ3n) is 3.78. The number of rotatable bonds is 5. The Bertz CT molecular complexity index is 925. The lowest BCUT2D eigenvalue weighted by Crippen LogP contribution is -2.33. The molecule has 0 bridgehead atoms. The Balaban J connectivity index is 1.62. The standard InChI is InChI=1S/C17H14N4O3S2/c22-14(20-8-9-24-17(20)23)11-26-16-19-18-15(13-7-4-10-25-13)21(16)12-5-2-1-3-6-12/h1-7,10H,8-9,11H2. The Morgan fingerprint density at radius 1 is 1.19 bits per heavy atom. The first-order valence-corrected chi connectivity index (χ1v) is 9.75. The maximum atomic E-state index is 12.3. The summed E-state index contributed by atoms with van der Waals surface area (Å²) in [7, 11) is 0. The molecule has 4 rings (SSSR count). The van der Waals surface area contributed by atoms with Crippen LogP contribution in [0.15, 0.2) is 53.0 Å². The van der Waals surface area contributed by atoms with Crippen LogP contribution >= 0.6 is 23.1 Å². The van der Waals surface area contributed by atoms with Crippen LogP contribution in [-0.4, -0.2) is 50.6 Å². The second-order valence-electron chi connectivity index (χ2n) is 5.40. The minimum absolute atomic E-state index is 0.0878. The van der Waals surface area contributed by atoms with Gasteiger partial charge in [0.1, 0.15) is 6.61 Å². The summed E-state index contributed by atoms with van der Waals surface area (Å²) in [6, 6.07) is 13.7. The van der Waals surface area contributed by atoms with Gasteiger partial charge in [-0.25, -0.2) is 9.69 Å². The average molecular weight is 386 g/mol. The molecule has 132 valence electrons. The van der Waals surface area contributed by atoms with Gasteiger partial charge in [-0.05, 0) is 23.6 Å². The second kappa shape index (κ2) is 7.30. The van der Waals surface area contributed by atoms with Gasteiger partial charge in [-0.2, -0.15) is 0 Å². The summed E-state index contributed by atoms with van der Waals surface area (Å²) in [4.78, 5) is 25.9. The van der Waals surface area contributed by atoms with E-state index in [9.17, 15) is 9.59 Å². The number of thiophene rings is 1. The maximum absolute atomic E-state index is 12.3. The van der Waals surface area contributed by atoms with Gasteiger partial charge in [-0.3, -0.25) is 9.36 Å². The van der Waals surface area contributed by atoms with Gasteiger partial charge < -0.3 is 4.74 Å². The van der Waals surface area contributed by atoms with Crippen molar-refractivity contribution in [3.63, 3.8) is 0 Å². The summed E-state index contributed by atoms with van der Waals surface area (Å²) in [5.41, 5.74) is 0.913. The van der Waals surface area contributed by atoms with Gasteiger partial charge in [0.05, 0.1) is 17.2 Å². The first-order chi connectivity index (χ1) is 12.7. The normalized spacial score (nSPS) is 13.8. The highest BCUT2D eigenvalue weighted by Gasteiger charge is 2.28. The van der Waals surface area contributed by atoms with Crippen LogP contribution in [0.3, 0.4) is 0 Å². The number of thioether (sulfide) groups is 1. The molecule has 7 nitrogen and oxygen atoms in total. The van der Waals surface area contributed by atoms with Crippen LogP contribution in [-0.2, 0) is 9.53 Å². The second-order valence-corrected chi connectivity index (χ2v) is 7.29. The molecule has 2 aromatic heterocycles. The summed E-state index contributed by atoms with van der Waals surface area (Å²) in [6.07, 6.45) is -0.584. The number of para-hydroxylation sites is 1. The molecule has 26 heavy (non-hydrogen) atoms. The molecular weight excluding hydrogens is 372 g/mol. The predicted molar refractivity (Wildman–Crippen MR) is 98.5 cm³/mol. The van der Waals surface area contributed by atoms with Crippen molar-refractivity contribution < 1.29 is 14.3 Å². The van der Waals surface area contributed by atoms with E-state index in [-0.39, 0.29) is 18.3 Å². The number of ether oxygens (including phenoxy) is 1. The molecular formula is C17H14N4O3S2. The highest BCUT2D eigenvalue weighted by Crippen LogP contribution is 2.30. The summed E-state index contributed by atoms with van der Waals surface area (Å²) < 4.78 is 6.73. The summed E-state index contributed by atoms with van der Waals surface area (Å²) in [6.45, 7) is 0.544. The van der Waals surface area contributed by atoms with Crippen molar-refractivity contribution >= 4 is 35.1 Å². The number of benzene rings is 1. The predicted octanol–water partition coefficient (Wildman–Crippen LogP) is 3.07. The van der Waals surface area contributed by atoms with Gasteiger partial charge in [-0.1, -0.05) is 36.0 Å². The smallest absolute Gasteiger partial charge is 0.416 e. The number of imide groups is 1. The van der Waals surface area contributed by atoms with Gasteiger partial charge in [0.15, 0.2) is 11.0 Å². The summed E-state index contributed by atoms with van der Waals surface area (Å²) in [5.74, 6) is 0.518. The Morgan fingerprint density at radius 2 is 2.04 bits per heavy atom. The fourth-order valence-corrected chi connectivity index (χ4v) is 4.09. The molecule has 1 aliphatic rings. The molecule has 3 aromatic rings. The zero-order valence-electron chi connectivity index (χ0n) is 13.6. The number of carbonyl (C=O) groups excluding carboxylic acids is 2. The van der Waals surface area contributed by atoms with Crippen LogP contribution in [0.5, 0.6) is 0 Å². The minimum atomic E-state index is -0.584. The maximum Gasteiger partial charge on any atom is 0.416 e. The molecule has 2 amide bonds. The van der Waals surface area contributed by atoms with E-state index in [0.717, 1.165) is 21.3 Å². The SMILES string of the molecule is O=C(CSc1nnc(-c2cccs2)n1-c1ccccc1)N1CCOC1=O. The van der Waals surface area contributed by atoms with Crippen LogP contribution < -0.4 is 0 Å². The highest BCUT2D eigenvalue weighted by atomic mass is 32.2. The minimum Gasteiger partial charge on any atom is -0.447 e. The van der Waals surface area contributed by atoms with E-state index in [2.05, 4.69) is 10.2 Å². The van der Waals surface area contributed by atoms with Gasteiger partial charge in [0, 0.05) is 5.69 Å². The first-order valence-electron chi connectivity index (χ1n) is 7.88. The average Bonchev–Trinajstić information content (AvgIpc) is 3.40. The highest BCUT2D eigenvalue weighted by molar-refractivity contribution is 7.99. The molecule has 0 spiro atoms. The van der Waals surface area contributed by atoms with Crippen molar-refractivity contribution in [2.75, 3.05) is 18.9 Å². The van der Waals surface area contributed by atoms with Crippen molar-refractivity contribution in [3.05, 3.63) is 47.8 Å². The lowest BCUT2D eigenvalue weighted by atomic mass is 10.3. The fourth-order valence-electron chi connectivity index (χ4n) is 2.56. The van der Waals surface area contributed by atoms with Crippen LogP contribution in [0.4, 0.5) is 4.79 Å². The number of cyclic esters (lactones) is 1. The van der Waals surface area contributed by atoms with Crippen molar-refractivity contribution in [3.8, 4) is 16.4 Å². The number of aromatic nitrogens is 3. The Labute approximate surface area is 157 Å². The number of hydrogen-bond acceptors (Lipinski definition) is 7.